The maximum absolute atomic E-state index is 10.3. The van der Waals surface area contributed by atoms with E-state index < -0.39 is 0 Å². The van der Waals surface area contributed by atoms with E-state index in [4.69, 9.17) is 0 Å². The van der Waals surface area contributed by atoms with Crippen LogP contribution >= 0.6 is 0 Å². The molecule has 0 aliphatic carbocycles. The van der Waals surface area contributed by atoms with Crippen LogP contribution in [0.2, 0.25) is 0 Å². The molecule has 1 atom stereocenters. The van der Waals surface area contributed by atoms with Crippen LogP contribution in [0.1, 0.15) is 6.42 Å². The Morgan fingerprint density at radius 1 is 1.80 bits per heavy atom. The van der Waals surface area contributed by atoms with E-state index in [0.29, 0.717) is 21.9 Å². The van der Waals surface area contributed by atoms with Crippen LogP contribution in [-0.4, -0.2) is 22.5 Å². The second kappa shape index (κ2) is 4.91. The largest absolute Gasteiger partial charge is 0.303 e. The van der Waals surface area contributed by atoms with Crippen LogP contribution in [0.15, 0.2) is 17.9 Å². The molecule has 3 heteroatoms. The van der Waals surface area contributed by atoms with Crippen molar-refractivity contribution in [3.05, 3.63) is 17.9 Å². The van der Waals surface area contributed by atoms with Gasteiger partial charge in [-0.25, -0.2) is 4.79 Å². The summed E-state index contributed by atoms with van der Waals surface area (Å²) < 4.78 is 0. The molecule has 0 rings (SSSR count). The van der Waals surface area contributed by atoms with E-state index in [0.717, 1.165) is 6.29 Å². The number of hydrogen-bond donors (Lipinski definition) is 0. The SMILES string of the molecule is C=CCC(C=O)C([SiH3])=C=O. The van der Waals surface area contributed by atoms with E-state index in [-0.39, 0.29) is 5.92 Å². The van der Waals surface area contributed by atoms with Gasteiger partial charge in [-0.05, 0) is 11.6 Å². The molecule has 10 heavy (non-hydrogen) atoms. The van der Waals surface area contributed by atoms with Crippen LogP contribution in [0.5, 0.6) is 0 Å². The van der Waals surface area contributed by atoms with Gasteiger partial charge in [0.2, 0.25) is 0 Å². The third-order valence-corrected chi connectivity index (χ3v) is 2.25. The van der Waals surface area contributed by atoms with Crippen LogP contribution in [0.25, 0.3) is 0 Å². The van der Waals surface area contributed by atoms with Gasteiger partial charge in [-0.3, -0.25) is 0 Å². The molecule has 54 valence electrons. The Bertz CT molecular complexity index is 180. The van der Waals surface area contributed by atoms with E-state index in [2.05, 4.69) is 6.58 Å². The fourth-order valence-electron chi connectivity index (χ4n) is 0.590. The fraction of sp³-hybridized carbons (Fsp3) is 0.286. The Labute approximate surface area is 63.0 Å². The summed E-state index contributed by atoms with van der Waals surface area (Å²) in [6, 6.07) is 0. The second-order valence-electron chi connectivity index (χ2n) is 2.05. The van der Waals surface area contributed by atoms with E-state index >= 15 is 0 Å². The monoisotopic (exact) mass is 154 g/mol. The number of carbonyl (C=O) groups excluding carboxylic acids is 2. The van der Waals surface area contributed by atoms with Gasteiger partial charge in [-0.2, -0.15) is 0 Å². The second-order valence-corrected chi connectivity index (χ2v) is 3.13. The molecule has 0 aromatic heterocycles. The van der Waals surface area contributed by atoms with E-state index in [1.54, 1.807) is 12.0 Å². The lowest BCUT2D eigenvalue weighted by atomic mass is 10.1. The predicted molar refractivity (Wildman–Crippen MR) is 43.5 cm³/mol. The minimum Gasteiger partial charge on any atom is -0.303 e. The van der Waals surface area contributed by atoms with Gasteiger partial charge in [0, 0.05) is 16.2 Å². The lowest BCUT2D eigenvalue weighted by Gasteiger charge is -2.01. The number of allylic oxidation sites excluding steroid dienone is 2. The van der Waals surface area contributed by atoms with Crippen LogP contribution < -0.4 is 0 Å². The molecule has 0 aromatic carbocycles. The third-order valence-electron chi connectivity index (χ3n) is 1.30. The molecular formula is C7H10O2Si. The Kier molecular flexibility index (Phi) is 4.46. The van der Waals surface area contributed by atoms with Crippen molar-refractivity contribution in [1.29, 1.82) is 0 Å². The predicted octanol–water partition coefficient (Wildman–Crippen LogP) is -0.542. The van der Waals surface area contributed by atoms with Crippen molar-refractivity contribution in [2.45, 2.75) is 6.42 Å². The molecule has 0 bridgehead atoms. The highest BCUT2D eigenvalue weighted by molar-refractivity contribution is 6.27. The maximum Gasteiger partial charge on any atom is 0.127 e. The summed E-state index contributed by atoms with van der Waals surface area (Å²) in [4.78, 5) is 20.3. The van der Waals surface area contributed by atoms with Gasteiger partial charge < -0.3 is 4.79 Å². The smallest absolute Gasteiger partial charge is 0.127 e. The molecule has 0 radical (unpaired) electrons. The molecule has 0 heterocycles. The molecule has 0 saturated heterocycles. The summed E-state index contributed by atoms with van der Waals surface area (Å²) in [6.45, 7) is 3.48. The zero-order valence-corrected chi connectivity index (χ0v) is 7.96. The van der Waals surface area contributed by atoms with E-state index in [1.165, 1.54) is 0 Å². The van der Waals surface area contributed by atoms with Crippen molar-refractivity contribution in [3.63, 3.8) is 0 Å². The van der Waals surface area contributed by atoms with Crippen molar-refractivity contribution in [2.75, 3.05) is 0 Å². The Morgan fingerprint density at radius 2 is 2.40 bits per heavy atom. The minimum absolute atomic E-state index is 0.262. The molecule has 0 fully saturated rings. The summed E-state index contributed by atoms with van der Waals surface area (Å²) in [5.41, 5.74) is 0. The normalized spacial score (nSPS) is 11.6. The number of hydrogen-bond acceptors (Lipinski definition) is 2. The lowest BCUT2D eigenvalue weighted by molar-refractivity contribution is -0.109. The van der Waals surface area contributed by atoms with Gasteiger partial charge in [0.15, 0.2) is 0 Å². The number of aldehydes is 1. The highest BCUT2D eigenvalue weighted by atomic mass is 28.1. The van der Waals surface area contributed by atoms with Crippen LogP contribution in [0.3, 0.4) is 0 Å². The zero-order valence-electron chi connectivity index (χ0n) is 5.96. The van der Waals surface area contributed by atoms with E-state index in [9.17, 15) is 9.59 Å². The van der Waals surface area contributed by atoms with Crippen molar-refractivity contribution in [3.8, 4) is 0 Å². The summed E-state index contributed by atoms with van der Waals surface area (Å²) in [5, 5.41) is 0.579. The van der Waals surface area contributed by atoms with Crippen LogP contribution in [0, 0.1) is 5.92 Å². The van der Waals surface area contributed by atoms with Crippen molar-refractivity contribution >= 4 is 22.5 Å². The number of carbonyl (C=O) groups is 1. The van der Waals surface area contributed by atoms with Gasteiger partial charge in [0.1, 0.15) is 12.2 Å². The Morgan fingerprint density at radius 3 is 2.70 bits per heavy atom. The molecule has 2 nitrogen and oxygen atoms in total. The summed E-state index contributed by atoms with van der Waals surface area (Å²) in [5.74, 6) is 1.49. The summed E-state index contributed by atoms with van der Waals surface area (Å²) in [7, 11) is 0.611. The molecule has 0 saturated carbocycles. The summed E-state index contributed by atoms with van der Waals surface area (Å²) in [6.07, 6.45) is 2.96. The highest BCUT2D eigenvalue weighted by Gasteiger charge is 2.06. The molecule has 1 unspecified atom stereocenters. The average Bonchev–Trinajstić information content (AvgIpc) is 1.99. The standard InChI is InChI=1S/C7H10O2Si/c1-2-3-6(4-8)7(10)5-9/h2,4,6H,1,3H2,10H3. The van der Waals surface area contributed by atoms with Gasteiger partial charge in [-0.15, -0.1) is 6.58 Å². The Balaban J connectivity index is 4.19. The van der Waals surface area contributed by atoms with Gasteiger partial charge in [0.25, 0.3) is 0 Å². The van der Waals surface area contributed by atoms with Crippen LogP contribution in [0.4, 0.5) is 0 Å². The van der Waals surface area contributed by atoms with Gasteiger partial charge >= 0.3 is 0 Å². The first kappa shape index (κ1) is 9.08. The maximum atomic E-state index is 10.3. The summed E-state index contributed by atoms with van der Waals surface area (Å²) >= 11 is 0. The van der Waals surface area contributed by atoms with E-state index in [1.807, 2.05) is 0 Å². The Hall–Kier alpha value is -0.923. The van der Waals surface area contributed by atoms with Crippen molar-refractivity contribution in [2.24, 2.45) is 5.92 Å². The lowest BCUT2D eigenvalue weighted by Crippen LogP contribution is -2.05. The number of rotatable bonds is 4. The van der Waals surface area contributed by atoms with Gasteiger partial charge in [0.05, 0.1) is 0 Å². The van der Waals surface area contributed by atoms with Crippen LogP contribution in [-0.2, 0) is 9.59 Å². The third kappa shape index (κ3) is 2.57. The quantitative estimate of drug-likeness (QED) is 0.236. The molecule has 0 amide bonds. The molecule has 0 aromatic rings. The molecule has 0 aliphatic heterocycles. The molecule has 0 spiro atoms. The first-order valence-corrected chi connectivity index (χ1v) is 4.04. The fourth-order valence-corrected chi connectivity index (χ4v) is 0.961. The molecule has 0 aliphatic rings. The average molecular weight is 154 g/mol. The van der Waals surface area contributed by atoms with Crippen molar-refractivity contribution < 1.29 is 9.59 Å². The first-order chi connectivity index (χ1) is 4.76. The van der Waals surface area contributed by atoms with Crippen molar-refractivity contribution in [1.82, 2.24) is 0 Å². The first-order valence-electron chi connectivity index (χ1n) is 3.04. The molecular weight excluding hydrogens is 144 g/mol. The molecule has 0 N–H and O–H groups in total. The topological polar surface area (TPSA) is 34.1 Å². The zero-order chi connectivity index (χ0) is 7.98. The highest BCUT2D eigenvalue weighted by Crippen LogP contribution is 2.05. The van der Waals surface area contributed by atoms with Gasteiger partial charge in [-0.1, -0.05) is 6.08 Å². The minimum atomic E-state index is -0.262.